The number of halogens is 2. The highest BCUT2D eigenvalue weighted by Crippen LogP contribution is 2.33. The lowest BCUT2D eigenvalue weighted by Gasteiger charge is -2.15. The highest BCUT2D eigenvalue weighted by Gasteiger charge is 2.22. The molecule has 0 spiro atoms. The van der Waals surface area contributed by atoms with Gasteiger partial charge in [0.1, 0.15) is 16.5 Å². The molecule has 1 N–H and O–H groups in total. The van der Waals surface area contributed by atoms with Crippen molar-refractivity contribution in [3.63, 3.8) is 0 Å². The first-order valence-electron chi connectivity index (χ1n) is 8.92. The number of thiophene rings is 1. The van der Waals surface area contributed by atoms with Crippen LogP contribution in [0, 0.1) is 25.5 Å². The summed E-state index contributed by atoms with van der Waals surface area (Å²) in [5.74, 6) is -0.703. The second kappa shape index (κ2) is 7.36. The molecule has 0 aliphatic heterocycles. The summed E-state index contributed by atoms with van der Waals surface area (Å²) < 4.78 is 32.5. The van der Waals surface area contributed by atoms with E-state index in [1.165, 1.54) is 23.5 Å². The Bertz CT molecular complexity index is 1220. The van der Waals surface area contributed by atoms with E-state index in [0.717, 1.165) is 22.7 Å². The summed E-state index contributed by atoms with van der Waals surface area (Å²) in [6.45, 7) is 5.34. The van der Waals surface area contributed by atoms with Crippen molar-refractivity contribution in [1.82, 2.24) is 15.3 Å². The minimum Gasteiger partial charge on any atom is -0.461 e. The molecular weight excluding hydrogens is 396 g/mol. The Morgan fingerprint density at radius 2 is 2.00 bits per heavy atom. The van der Waals surface area contributed by atoms with Crippen LogP contribution in [0.5, 0.6) is 0 Å². The molecular formula is C21H17F2N3O2S. The molecule has 0 saturated heterocycles. The van der Waals surface area contributed by atoms with Crippen LogP contribution in [0.4, 0.5) is 8.78 Å². The minimum absolute atomic E-state index is 0.217. The van der Waals surface area contributed by atoms with Gasteiger partial charge in [0.05, 0.1) is 22.9 Å². The molecule has 0 aliphatic rings. The molecule has 0 fully saturated rings. The van der Waals surface area contributed by atoms with E-state index in [9.17, 15) is 13.6 Å². The van der Waals surface area contributed by atoms with Gasteiger partial charge in [-0.25, -0.2) is 18.7 Å². The normalized spacial score (nSPS) is 12.3. The molecule has 0 aliphatic carbocycles. The van der Waals surface area contributed by atoms with Gasteiger partial charge in [-0.1, -0.05) is 6.07 Å². The molecule has 1 atom stereocenters. The number of carbonyl (C=O) groups excluding carboxylic acids is 1. The van der Waals surface area contributed by atoms with Gasteiger partial charge in [-0.15, -0.1) is 11.3 Å². The fraction of sp³-hybridized carbons (Fsp3) is 0.190. The van der Waals surface area contributed by atoms with Crippen LogP contribution in [0.3, 0.4) is 0 Å². The van der Waals surface area contributed by atoms with Crippen molar-refractivity contribution in [2.45, 2.75) is 26.8 Å². The second-order valence-corrected chi connectivity index (χ2v) is 7.71. The van der Waals surface area contributed by atoms with E-state index in [4.69, 9.17) is 4.42 Å². The topological polar surface area (TPSA) is 68.0 Å². The van der Waals surface area contributed by atoms with Crippen LogP contribution in [0.1, 0.15) is 39.5 Å². The summed E-state index contributed by atoms with van der Waals surface area (Å²) in [5, 5.41) is 3.59. The average molecular weight is 413 g/mol. The third-order valence-corrected chi connectivity index (χ3v) is 5.88. The van der Waals surface area contributed by atoms with Gasteiger partial charge in [0.15, 0.2) is 11.6 Å². The predicted octanol–water partition coefficient (Wildman–Crippen LogP) is 5.34. The molecule has 5 nitrogen and oxygen atoms in total. The summed E-state index contributed by atoms with van der Waals surface area (Å²) in [4.78, 5) is 23.0. The van der Waals surface area contributed by atoms with Crippen molar-refractivity contribution in [2.24, 2.45) is 0 Å². The van der Waals surface area contributed by atoms with Crippen molar-refractivity contribution in [3.05, 3.63) is 69.9 Å². The quantitative estimate of drug-likeness (QED) is 0.491. The lowest BCUT2D eigenvalue weighted by molar-refractivity contribution is 0.0943. The van der Waals surface area contributed by atoms with Crippen molar-refractivity contribution in [3.8, 4) is 11.6 Å². The van der Waals surface area contributed by atoms with E-state index in [1.807, 2.05) is 13.8 Å². The van der Waals surface area contributed by atoms with E-state index in [0.29, 0.717) is 21.3 Å². The minimum atomic E-state index is -0.698. The van der Waals surface area contributed by atoms with Gasteiger partial charge in [0.2, 0.25) is 0 Å². The monoisotopic (exact) mass is 413 g/mol. The van der Waals surface area contributed by atoms with Crippen molar-refractivity contribution in [2.75, 3.05) is 0 Å². The van der Waals surface area contributed by atoms with Crippen molar-refractivity contribution < 1.29 is 18.0 Å². The highest BCUT2D eigenvalue weighted by atomic mass is 32.1. The first kappa shape index (κ1) is 19.2. The van der Waals surface area contributed by atoms with Crippen LogP contribution in [0.15, 0.2) is 41.0 Å². The first-order chi connectivity index (χ1) is 13.8. The number of hydrogen-bond donors (Lipinski definition) is 1. The molecule has 148 valence electrons. The Balaban J connectivity index is 1.67. The maximum absolute atomic E-state index is 14.0. The molecule has 0 saturated carbocycles. The van der Waals surface area contributed by atoms with Crippen LogP contribution in [-0.2, 0) is 0 Å². The number of amides is 1. The van der Waals surface area contributed by atoms with Crippen LogP contribution in [0.25, 0.3) is 21.8 Å². The summed E-state index contributed by atoms with van der Waals surface area (Å²) in [6, 6.07) is 6.20. The molecule has 8 heteroatoms. The number of carbonyl (C=O) groups is 1. The smallest absolute Gasteiger partial charge is 0.262 e. The van der Waals surface area contributed by atoms with Gasteiger partial charge in [-0.3, -0.25) is 4.79 Å². The Kier molecular flexibility index (Phi) is 4.87. The van der Waals surface area contributed by atoms with Crippen molar-refractivity contribution >= 4 is 27.5 Å². The number of nitrogens with one attached hydrogen (secondary N) is 1. The number of rotatable bonds is 4. The molecule has 1 amide bonds. The van der Waals surface area contributed by atoms with E-state index in [-0.39, 0.29) is 11.5 Å². The largest absolute Gasteiger partial charge is 0.461 e. The fourth-order valence-electron chi connectivity index (χ4n) is 3.26. The highest BCUT2D eigenvalue weighted by molar-refractivity contribution is 7.20. The molecule has 0 radical (unpaired) electrons. The summed E-state index contributed by atoms with van der Waals surface area (Å²) >= 11 is 1.24. The molecule has 1 aromatic carbocycles. The van der Waals surface area contributed by atoms with E-state index in [2.05, 4.69) is 15.3 Å². The first-order valence-corrected chi connectivity index (χ1v) is 9.74. The average Bonchev–Trinajstić information content (AvgIpc) is 3.30. The number of fused-ring (bicyclic) bond motifs is 1. The van der Waals surface area contributed by atoms with Gasteiger partial charge in [-0.2, -0.15) is 0 Å². The van der Waals surface area contributed by atoms with Crippen LogP contribution < -0.4 is 5.32 Å². The van der Waals surface area contributed by atoms with Gasteiger partial charge < -0.3 is 9.73 Å². The predicted molar refractivity (Wildman–Crippen MR) is 107 cm³/mol. The number of nitrogens with zero attached hydrogens (tertiary/aromatic N) is 2. The Hall–Kier alpha value is -3.13. The Morgan fingerprint density at radius 3 is 2.69 bits per heavy atom. The Morgan fingerprint density at radius 1 is 1.21 bits per heavy atom. The third kappa shape index (κ3) is 3.51. The van der Waals surface area contributed by atoms with Crippen LogP contribution in [0.2, 0.25) is 0 Å². The van der Waals surface area contributed by atoms with Crippen LogP contribution >= 0.6 is 11.3 Å². The molecule has 29 heavy (non-hydrogen) atoms. The summed E-state index contributed by atoms with van der Waals surface area (Å²) in [6.07, 6.45) is 1.55. The number of hydrogen-bond acceptors (Lipinski definition) is 5. The van der Waals surface area contributed by atoms with Gasteiger partial charge in [0.25, 0.3) is 5.91 Å². The zero-order valence-electron chi connectivity index (χ0n) is 15.9. The number of benzene rings is 1. The molecule has 3 heterocycles. The Labute approximate surface area is 169 Å². The van der Waals surface area contributed by atoms with Crippen LogP contribution in [-0.4, -0.2) is 15.9 Å². The molecule has 4 aromatic rings. The van der Waals surface area contributed by atoms with Crippen molar-refractivity contribution in [1.29, 1.82) is 0 Å². The zero-order valence-corrected chi connectivity index (χ0v) is 16.7. The van der Waals surface area contributed by atoms with E-state index >= 15 is 0 Å². The number of aryl methyl sites for hydroxylation is 2. The maximum atomic E-state index is 14.0. The van der Waals surface area contributed by atoms with Gasteiger partial charge >= 0.3 is 0 Å². The van der Waals surface area contributed by atoms with E-state index < -0.39 is 17.7 Å². The zero-order chi connectivity index (χ0) is 20.7. The molecule has 3 aromatic heterocycles. The summed E-state index contributed by atoms with van der Waals surface area (Å²) in [5.41, 5.74) is 1.72. The number of furan rings is 1. The second-order valence-electron chi connectivity index (χ2n) is 6.71. The third-order valence-electron chi connectivity index (χ3n) is 4.70. The lowest BCUT2D eigenvalue weighted by Crippen LogP contribution is -2.27. The van der Waals surface area contributed by atoms with E-state index in [1.54, 1.807) is 25.3 Å². The van der Waals surface area contributed by atoms with Gasteiger partial charge in [-0.05, 0) is 44.5 Å². The molecule has 0 bridgehead atoms. The lowest BCUT2D eigenvalue weighted by atomic mass is 10.1. The van der Waals surface area contributed by atoms with Gasteiger partial charge in [0, 0.05) is 17.0 Å². The molecule has 4 rings (SSSR count). The SMILES string of the molecule is Cc1nc(-c2ccco2)nc2sc(C(=O)NC(C)c3ccc(F)cc3F)c(C)c12. The maximum Gasteiger partial charge on any atom is 0.262 e. The number of aromatic nitrogens is 2. The standard InChI is InChI=1S/C21H17F2N3O2S/c1-10-17-12(3)24-19(16-5-4-8-28-16)26-21(17)29-18(10)20(27)25-11(2)14-7-6-13(22)9-15(14)23/h4-9,11H,1-3H3,(H,25,27). The summed E-state index contributed by atoms with van der Waals surface area (Å²) in [7, 11) is 0. The molecule has 1 unspecified atom stereocenters. The fourth-order valence-corrected chi connectivity index (χ4v) is 4.40.